The van der Waals surface area contributed by atoms with Gasteiger partial charge < -0.3 is 14.6 Å². The molecule has 0 aliphatic heterocycles. The summed E-state index contributed by atoms with van der Waals surface area (Å²) in [6, 6.07) is 14.9. The Morgan fingerprint density at radius 3 is 2.39 bits per heavy atom. The van der Waals surface area contributed by atoms with Crippen molar-refractivity contribution in [3.63, 3.8) is 0 Å². The molecule has 0 unspecified atom stereocenters. The molecule has 0 saturated heterocycles. The number of H-pyrrole nitrogens is 1. The van der Waals surface area contributed by atoms with E-state index in [0.717, 1.165) is 61.2 Å². The SMILES string of the molecule is CC(C)CN(CC(C)C)c1ccc(C2(OC=O)CCCC2)cc1Cc1nc2ccccc2[nH]1. The van der Waals surface area contributed by atoms with Crippen molar-refractivity contribution in [2.75, 3.05) is 18.0 Å². The largest absolute Gasteiger partial charge is 0.456 e. The van der Waals surface area contributed by atoms with Gasteiger partial charge in [-0.2, -0.15) is 0 Å². The monoisotopic (exact) mass is 447 g/mol. The van der Waals surface area contributed by atoms with Crippen LogP contribution in [-0.2, 0) is 21.6 Å². The van der Waals surface area contributed by atoms with Gasteiger partial charge >= 0.3 is 0 Å². The zero-order valence-corrected chi connectivity index (χ0v) is 20.4. The molecule has 3 aromatic rings. The van der Waals surface area contributed by atoms with Crippen LogP contribution in [-0.4, -0.2) is 29.5 Å². The molecule has 0 amide bonds. The second kappa shape index (κ2) is 9.98. The van der Waals surface area contributed by atoms with Gasteiger partial charge in [-0.15, -0.1) is 0 Å². The van der Waals surface area contributed by atoms with E-state index >= 15 is 0 Å². The Morgan fingerprint density at radius 1 is 1.06 bits per heavy atom. The molecule has 1 saturated carbocycles. The van der Waals surface area contributed by atoms with Crippen LogP contribution in [0.25, 0.3) is 11.0 Å². The van der Waals surface area contributed by atoms with Crippen molar-refractivity contribution in [2.24, 2.45) is 11.8 Å². The van der Waals surface area contributed by atoms with Crippen molar-refractivity contribution in [3.8, 4) is 0 Å². The van der Waals surface area contributed by atoms with Crippen LogP contribution in [0.2, 0.25) is 0 Å². The molecule has 176 valence electrons. The van der Waals surface area contributed by atoms with Gasteiger partial charge in [0.15, 0.2) is 0 Å². The van der Waals surface area contributed by atoms with E-state index in [1.807, 2.05) is 18.2 Å². The van der Waals surface area contributed by atoms with Gasteiger partial charge in [0.2, 0.25) is 0 Å². The number of aromatic nitrogens is 2. The molecule has 1 aliphatic rings. The van der Waals surface area contributed by atoms with Crippen LogP contribution in [0.1, 0.15) is 70.3 Å². The quantitative estimate of drug-likeness (QED) is 0.375. The number of hydrogen-bond donors (Lipinski definition) is 1. The molecule has 1 aromatic heterocycles. The van der Waals surface area contributed by atoms with Gasteiger partial charge in [-0.05, 0) is 72.9 Å². The maximum Gasteiger partial charge on any atom is 0.293 e. The number of carbonyl (C=O) groups excluding carboxylic acids is 1. The average Bonchev–Trinajstić information content (AvgIpc) is 3.40. The number of anilines is 1. The summed E-state index contributed by atoms with van der Waals surface area (Å²) in [5, 5.41) is 0. The van der Waals surface area contributed by atoms with Crippen molar-refractivity contribution >= 4 is 23.2 Å². The number of ether oxygens (including phenoxy) is 1. The van der Waals surface area contributed by atoms with Crippen LogP contribution in [0.5, 0.6) is 0 Å². The summed E-state index contributed by atoms with van der Waals surface area (Å²) < 4.78 is 5.74. The van der Waals surface area contributed by atoms with Gasteiger partial charge in [-0.25, -0.2) is 4.98 Å². The van der Waals surface area contributed by atoms with Gasteiger partial charge in [0.25, 0.3) is 6.47 Å². The summed E-state index contributed by atoms with van der Waals surface area (Å²) in [6.45, 7) is 11.7. The van der Waals surface area contributed by atoms with Gasteiger partial charge in [-0.1, -0.05) is 45.9 Å². The van der Waals surface area contributed by atoms with Crippen LogP contribution in [0, 0.1) is 11.8 Å². The van der Waals surface area contributed by atoms with Gasteiger partial charge in [-0.3, -0.25) is 4.79 Å². The molecule has 4 rings (SSSR count). The Hall–Kier alpha value is -2.82. The minimum atomic E-state index is -0.496. The molecule has 1 aliphatic carbocycles. The van der Waals surface area contributed by atoms with Crippen molar-refractivity contribution < 1.29 is 9.53 Å². The predicted octanol–water partition coefficient (Wildman–Crippen LogP) is 6.21. The smallest absolute Gasteiger partial charge is 0.293 e. The van der Waals surface area contributed by atoms with Gasteiger partial charge in [0.1, 0.15) is 11.4 Å². The molecule has 1 N–H and O–H groups in total. The van der Waals surface area contributed by atoms with Crippen molar-refractivity contribution in [1.29, 1.82) is 0 Å². The molecule has 1 heterocycles. The van der Waals surface area contributed by atoms with Gasteiger partial charge in [0, 0.05) is 25.2 Å². The van der Waals surface area contributed by atoms with E-state index in [2.05, 4.69) is 61.8 Å². The molecule has 5 nitrogen and oxygen atoms in total. The molecule has 0 bridgehead atoms. The number of aromatic amines is 1. The maximum atomic E-state index is 11.4. The zero-order chi connectivity index (χ0) is 23.4. The van der Waals surface area contributed by atoms with Crippen LogP contribution in [0.4, 0.5) is 5.69 Å². The molecular weight excluding hydrogens is 410 g/mol. The first-order valence-electron chi connectivity index (χ1n) is 12.3. The van der Waals surface area contributed by atoms with E-state index in [4.69, 9.17) is 9.72 Å². The minimum absolute atomic E-state index is 0.496. The Balaban J connectivity index is 1.78. The molecule has 0 radical (unpaired) electrons. The molecule has 0 spiro atoms. The summed E-state index contributed by atoms with van der Waals surface area (Å²) in [4.78, 5) is 22.2. The number of nitrogens with one attached hydrogen (secondary N) is 1. The van der Waals surface area contributed by atoms with Gasteiger partial charge in [0.05, 0.1) is 11.0 Å². The highest BCUT2D eigenvalue weighted by molar-refractivity contribution is 5.75. The summed E-state index contributed by atoms with van der Waals surface area (Å²) in [6.07, 6.45) is 4.65. The number of rotatable bonds is 10. The second-order valence-corrected chi connectivity index (χ2v) is 10.3. The van der Waals surface area contributed by atoms with E-state index in [1.165, 1.54) is 11.3 Å². The number of imidazole rings is 1. The fourth-order valence-corrected chi connectivity index (χ4v) is 5.25. The summed E-state index contributed by atoms with van der Waals surface area (Å²) >= 11 is 0. The number of nitrogens with zero attached hydrogens (tertiary/aromatic N) is 2. The number of para-hydroxylation sites is 2. The van der Waals surface area contributed by atoms with Crippen molar-refractivity contribution in [3.05, 3.63) is 59.4 Å². The Morgan fingerprint density at radius 2 is 1.76 bits per heavy atom. The average molecular weight is 448 g/mol. The summed E-state index contributed by atoms with van der Waals surface area (Å²) in [5.41, 5.74) is 5.14. The first-order valence-corrected chi connectivity index (χ1v) is 12.3. The van der Waals surface area contributed by atoms with Crippen LogP contribution >= 0.6 is 0 Å². The standard InChI is InChI=1S/C28H37N3O2/c1-20(2)17-31(18-21(3)4)26-12-11-23(28(33-19-32)13-7-8-14-28)15-22(26)16-27-29-24-9-5-6-10-25(24)30-27/h5-6,9-12,15,19-21H,7-8,13-14,16-18H2,1-4H3,(H,29,30). The van der Waals surface area contributed by atoms with Crippen LogP contribution in [0.15, 0.2) is 42.5 Å². The lowest BCUT2D eigenvalue weighted by atomic mass is 9.89. The third-order valence-corrected chi connectivity index (χ3v) is 6.60. The van der Waals surface area contributed by atoms with Crippen LogP contribution in [0.3, 0.4) is 0 Å². The third kappa shape index (κ3) is 5.23. The van der Waals surface area contributed by atoms with E-state index in [9.17, 15) is 4.79 Å². The second-order valence-electron chi connectivity index (χ2n) is 10.3. The third-order valence-electron chi connectivity index (χ3n) is 6.60. The van der Waals surface area contributed by atoms with Crippen LogP contribution < -0.4 is 4.90 Å². The Kier molecular flexibility index (Phi) is 7.06. The van der Waals surface area contributed by atoms with E-state index in [-0.39, 0.29) is 0 Å². The highest BCUT2D eigenvalue weighted by atomic mass is 16.5. The van der Waals surface area contributed by atoms with E-state index < -0.39 is 5.60 Å². The molecule has 0 atom stereocenters. The number of fused-ring (bicyclic) bond motifs is 1. The van der Waals surface area contributed by atoms with Crippen molar-refractivity contribution in [1.82, 2.24) is 9.97 Å². The fraction of sp³-hybridized carbons (Fsp3) is 0.500. The Bertz CT molecular complexity index is 1040. The summed E-state index contributed by atoms with van der Waals surface area (Å²) in [5.74, 6) is 2.07. The maximum absolute atomic E-state index is 11.4. The topological polar surface area (TPSA) is 58.2 Å². The molecule has 1 fully saturated rings. The molecule has 5 heteroatoms. The normalized spacial score (nSPS) is 15.5. The molecular formula is C28H37N3O2. The number of benzene rings is 2. The first kappa shape index (κ1) is 23.3. The highest BCUT2D eigenvalue weighted by Gasteiger charge is 2.38. The zero-order valence-electron chi connectivity index (χ0n) is 20.4. The lowest BCUT2D eigenvalue weighted by molar-refractivity contribution is -0.144. The first-order chi connectivity index (χ1) is 15.9. The fourth-order valence-electron chi connectivity index (χ4n) is 5.25. The Labute approximate surface area is 197 Å². The van der Waals surface area contributed by atoms with E-state index in [1.54, 1.807) is 0 Å². The lowest BCUT2D eigenvalue weighted by Gasteiger charge is -2.33. The lowest BCUT2D eigenvalue weighted by Crippen LogP contribution is -2.32. The number of carbonyl (C=O) groups is 1. The predicted molar refractivity (Wildman–Crippen MR) is 135 cm³/mol. The van der Waals surface area contributed by atoms with E-state index in [0.29, 0.717) is 24.7 Å². The van der Waals surface area contributed by atoms with Crippen molar-refractivity contribution in [2.45, 2.75) is 65.4 Å². The molecule has 33 heavy (non-hydrogen) atoms. The highest BCUT2D eigenvalue weighted by Crippen LogP contribution is 2.43. The summed E-state index contributed by atoms with van der Waals surface area (Å²) in [7, 11) is 0. The minimum Gasteiger partial charge on any atom is -0.456 e. The molecule has 2 aromatic carbocycles. The number of hydrogen-bond acceptors (Lipinski definition) is 4.